The van der Waals surface area contributed by atoms with Gasteiger partial charge in [0.1, 0.15) is 5.82 Å². The number of nitrogens with zero attached hydrogens (tertiary/aromatic N) is 3. The summed E-state index contributed by atoms with van der Waals surface area (Å²) in [5.74, 6) is 0.772. The lowest BCUT2D eigenvalue weighted by atomic mass is 9.96. The molecule has 0 amide bonds. The first-order valence-corrected chi connectivity index (χ1v) is 8.04. The highest BCUT2D eigenvalue weighted by molar-refractivity contribution is 6.06. The quantitative estimate of drug-likeness (QED) is 0.621. The second kappa shape index (κ2) is 7.49. The van der Waals surface area contributed by atoms with E-state index < -0.39 is 0 Å². The molecule has 0 N–H and O–H groups in total. The highest BCUT2D eigenvalue weighted by Crippen LogP contribution is 2.17. The fraction of sp³-hybridized carbons (Fsp3) is 0.350. The molecule has 24 heavy (non-hydrogen) atoms. The zero-order valence-corrected chi connectivity index (χ0v) is 15.1. The Bertz CT molecular complexity index is 708. The molecule has 4 heteroatoms. The van der Waals surface area contributed by atoms with E-state index >= 15 is 0 Å². The standard InChI is InChI=1S/C20H25N3O/c1-20(2,3)19-21-12-16(13-22-19)8-11-18(24)17-9-6-15(7-10-17)14-23(4)5/h6-13H,14H2,1-5H3/b11-8+. The maximum atomic E-state index is 12.2. The van der Waals surface area contributed by atoms with E-state index in [1.165, 1.54) is 5.56 Å². The van der Waals surface area contributed by atoms with Gasteiger partial charge in [-0.15, -0.1) is 0 Å². The lowest BCUT2D eigenvalue weighted by Gasteiger charge is -2.15. The summed E-state index contributed by atoms with van der Waals surface area (Å²) in [4.78, 5) is 23.1. The molecular weight excluding hydrogens is 298 g/mol. The van der Waals surface area contributed by atoms with Crippen molar-refractivity contribution in [1.82, 2.24) is 14.9 Å². The van der Waals surface area contributed by atoms with E-state index in [1.54, 1.807) is 24.5 Å². The third-order valence-electron chi connectivity index (χ3n) is 3.51. The summed E-state index contributed by atoms with van der Waals surface area (Å²) in [6, 6.07) is 7.71. The van der Waals surface area contributed by atoms with Crippen LogP contribution in [-0.4, -0.2) is 34.7 Å². The number of rotatable bonds is 5. The zero-order valence-electron chi connectivity index (χ0n) is 15.1. The predicted octanol–water partition coefficient (Wildman–Crippen LogP) is 3.73. The molecule has 2 aromatic rings. The SMILES string of the molecule is CN(C)Cc1ccc(C(=O)/C=C/c2cnc(C(C)(C)C)nc2)cc1. The number of carbonyl (C=O) groups is 1. The van der Waals surface area contributed by atoms with E-state index in [4.69, 9.17) is 0 Å². The Morgan fingerprint density at radius 3 is 2.17 bits per heavy atom. The van der Waals surface area contributed by atoms with Crippen molar-refractivity contribution in [2.24, 2.45) is 0 Å². The van der Waals surface area contributed by atoms with Crippen LogP contribution in [0.3, 0.4) is 0 Å². The first-order chi connectivity index (χ1) is 11.3. The highest BCUT2D eigenvalue weighted by Gasteiger charge is 2.16. The first-order valence-electron chi connectivity index (χ1n) is 8.04. The number of benzene rings is 1. The molecule has 0 aliphatic rings. The van der Waals surface area contributed by atoms with Gasteiger partial charge in [0.05, 0.1) is 0 Å². The van der Waals surface area contributed by atoms with Crippen LogP contribution in [-0.2, 0) is 12.0 Å². The number of hydrogen-bond acceptors (Lipinski definition) is 4. The predicted molar refractivity (Wildman–Crippen MR) is 97.9 cm³/mol. The summed E-state index contributed by atoms with van der Waals surface area (Å²) in [7, 11) is 4.05. The van der Waals surface area contributed by atoms with Crippen LogP contribution in [0.25, 0.3) is 6.08 Å². The number of allylic oxidation sites excluding steroid dienone is 1. The summed E-state index contributed by atoms with van der Waals surface area (Å²) in [6.07, 6.45) is 6.81. The van der Waals surface area contributed by atoms with Crippen molar-refractivity contribution in [2.75, 3.05) is 14.1 Å². The Labute approximate surface area is 144 Å². The molecule has 0 saturated carbocycles. The van der Waals surface area contributed by atoms with Crippen LogP contribution in [0.4, 0.5) is 0 Å². The summed E-state index contributed by atoms with van der Waals surface area (Å²) in [5.41, 5.74) is 2.61. The Morgan fingerprint density at radius 2 is 1.67 bits per heavy atom. The first kappa shape index (κ1) is 18.0. The fourth-order valence-corrected chi connectivity index (χ4v) is 2.22. The third-order valence-corrected chi connectivity index (χ3v) is 3.51. The fourth-order valence-electron chi connectivity index (χ4n) is 2.22. The minimum absolute atomic E-state index is 0.0219. The monoisotopic (exact) mass is 323 g/mol. The van der Waals surface area contributed by atoms with E-state index in [0.29, 0.717) is 5.56 Å². The van der Waals surface area contributed by atoms with Crippen molar-refractivity contribution in [2.45, 2.75) is 32.7 Å². The molecular formula is C20H25N3O. The van der Waals surface area contributed by atoms with E-state index in [2.05, 4.69) is 35.6 Å². The smallest absolute Gasteiger partial charge is 0.185 e. The zero-order chi connectivity index (χ0) is 17.7. The number of aromatic nitrogens is 2. The van der Waals surface area contributed by atoms with Crippen molar-refractivity contribution in [3.8, 4) is 0 Å². The van der Waals surface area contributed by atoms with Crippen LogP contribution in [0.2, 0.25) is 0 Å². The van der Waals surface area contributed by atoms with Crippen LogP contribution in [0.5, 0.6) is 0 Å². The molecule has 0 bridgehead atoms. The molecule has 2 rings (SSSR count). The Morgan fingerprint density at radius 1 is 1.08 bits per heavy atom. The van der Waals surface area contributed by atoms with Crippen molar-refractivity contribution in [3.63, 3.8) is 0 Å². The van der Waals surface area contributed by atoms with Gasteiger partial charge in [0.25, 0.3) is 0 Å². The molecule has 0 atom stereocenters. The van der Waals surface area contributed by atoms with Gasteiger partial charge in [-0.05, 0) is 31.8 Å². The number of carbonyl (C=O) groups excluding carboxylic acids is 1. The molecule has 0 aliphatic heterocycles. The molecule has 4 nitrogen and oxygen atoms in total. The Hall–Kier alpha value is -2.33. The second-order valence-corrected chi connectivity index (χ2v) is 7.22. The molecule has 1 heterocycles. The highest BCUT2D eigenvalue weighted by atomic mass is 16.1. The van der Waals surface area contributed by atoms with Gasteiger partial charge in [0, 0.05) is 35.5 Å². The van der Waals surface area contributed by atoms with Crippen LogP contribution in [0, 0.1) is 0 Å². The second-order valence-electron chi connectivity index (χ2n) is 7.22. The topological polar surface area (TPSA) is 46.1 Å². The van der Waals surface area contributed by atoms with E-state index in [1.807, 2.05) is 38.4 Å². The van der Waals surface area contributed by atoms with Crippen molar-refractivity contribution < 1.29 is 4.79 Å². The molecule has 0 fully saturated rings. The normalized spacial score (nSPS) is 12.1. The molecule has 0 spiro atoms. The molecule has 0 unspecified atom stereocenters. The summed E-state index contributed by atoms with van der Waals surface area (Å²) in [5, 5.41) is 0. The summed E-state index contributed by atoms with van der Waals surface area (Å²) >= 11 is 0. The van der Waals surface area contributed by atoms with Gasteiger partial charge in [-0.25, -0.2) is 9.97 Å². The van der Waals surface area contributed by atoms with Gasteiger partial charge in [-0.2, -0.15) is 0 Å². The maximum absolute atomic E-state index is 12.2. The molecule has 0 radical (unpaired) electrons. The Balaban J connectivity index is 2.04. The largest absolute Gasteiger partial charge is 0.305 e. The van der Waals surface area contributed by atoms with Gasteiger partial charge in [-0.3, -0.25) is 4.79 Å². The van der Waals surface area contributed by atoms with Crippen molar-refractivity contribution in [1.29, 1.82) is 0 Å². The van der Waals surface area contributed by atoms with Gasteiger partial charge in [0.15, 0.2) is 5.78 Å². The van der Waals surface area contributed by atoms with Crippen LogP contribution >= 0.6 is 0 Å². The summed E-state index contributed by atoms with van der Waals surface area (Å²) < 4.78 is 0. The number of ketones is 1. The average molecular weight is 323 g/mol. The van der Waals surface area contributed by atoms with Gasteiger partial charge < -0.3 is 4.90 Å². The van der Waals surface area contributed by atoms with E-state index in [0.717, 1.165) is 17.9 Å². The summed E-state index contributed by atoms with van der Waals surface area (Å²) in [6.45, 7) is 7.08. The van der Waals surface area contributed by atoms with E-state index in [-0.39, 0.29) is 11.2 Å². The number of hydrogen-bond donors (Lipinski definition) is 0. The van der Waals surface area contributed by atoms with Gasteiger partial charge in [0.2, 0.25) is 0 Å². The molecule has 1 aromatic carbocycles. The van der Waals surface area contributed by atoms with Gasteiger partial charge in [-0.1, -0.05) is 45.0 Å². The van der Waals surface area contributed by atoms with E-state index in [9.17, 15) is 4.79 Å². The Kier molecular flexibility index (Phi) is 5.62. The van der Waals surface area contributed by atoms with Crippen LogP contribution in [0.1, 0.15) is 48.1 Å². The molecule has 0 saturated heterocycles. The minimum atomic E-state index is -0.0770. The molecule has 0 aliphatic carbocycles. The lowest BCUT2D eigenvalue weighted by molar-refractivity contribution is 0.104. The van der Waals surface area contributed by atoms with Gasteiger partial charge >= 0.3 is 0 Å². The van der Waals surface area contributed by atoms with Crippen molar-refractivity contribution in [3.05, 3.63) is 65.2 Å². The van der Waals surface area contributed by atoms with Crippen LogP contribution in [0.15, 0.2) is 42.7 Å². The molecule has 126 valence electrons. The average Bonchev–Trinajstić information content (AvgIpc) is 2.52. The maximum Gasteiger partial charge on any atom is 0.185 e. The molecule has 1 aromatic heterocycles. The minimum Gasteiger partial charge on any atom is -0.305 e. The third kappa shape index (κ3) is 5.10. The lowest BCUT2D eigenvalue weighted by Crippen LogP contribution is -2.15. The van der Waals surface area contributed by atoms with Crippen LogP contribution < -0.4 is 0 Å². The van der Waals surface area contributed by atoms with Crippen molar-refractivity contribution >= 4 is 11.9 Å².